The Bertz CT molecular complexity index is 3140. The van der Waals surface area contributed by atoms with Gasteiger partial charge in [0.1, 0.15) is 5.82 Å². The first kappa shape index (κ1) is 42.8. The van der Waals surface area contributed by atoms with Gasteiger partial charge in [0, 0.05) is 42.3 Å². The number of hydrogen-bond acceptors (Lipinski definition) is 3. The zero-order valence-electron chi connectivity index (χ0n) is 35.4. The van der Waals surface area contributed by atoms with Crippen LogP contribution in [-0.2, 0) is 26.5 Å². The summed E-state index contributed by atoms with van der Waals surface area (Å²) in [7, 11) is -1.34. The summed E-state index contributed by atoms with van der Waals surface area (Å²) in [4.78, 5) is 9.86. The minimum atomic E-state index is -1.34. The quantitative estimate of drug-likeness (QED) is 0.112. The number of nitrogens with zero attached hydrogens (tertiary/aromatic N) is 3. The average Bonchev–Trinajstić information content (AvgIpc) is 3.85. The Kier molecular flexibility index (Phi) is 12.6. The maximum Gasteiger partial charge on any atom is 0.124 e. The third-order valence-electron chi connectivity index (χ3n) is 11.0. The van der Waals surface area contributed by atoms with Crippen molar-refractivity contribution >= 4 is 55.8 Å². The molecule has 10 aromatic rings. The normalized spacial score (nSPS) is 11.5. The van der Waals surface area contributed by atoms with Crippen molar-refractivity contribution in [3.8, 4) is 50.6 Å². The topological polar surface area (TPSA) is 30.7 Å². The van der Waals surface area contributed by atoms with E-state index >= 15 is 0 Å². The summed E-state index contributed by atoms with van der Waals surface area (Å²) < 4.78 is 18.4. The molecule has 0 saturated heterocycles. The first-order chi connectivity index (χ1) is 29.6. The number of thiophene rings is 1. The molecule has 1 radical (unpaired) electrons. The first-order valence-corrected chi connectivity index (χ1v) is 25.2. The molecule has 0 aliphatic heterocycles. The standard InChI is InChI=1S/C37H22FN2S.C18H24NSi.Ir/c38-27-19-20-28-29-14-9-15-30(36(29)41-35(28)23-27)37-39-32-16-7-8-17-34(32)40(37)33-21-18-26(24-10-3-1-4-11-24)22-31(33)25-12-5-2-6-13-25;1-14(2)11-16-12-17(15-9-7-6-8-10-15)19-13-18(16)20(3,4)5;/h1-14,16-23H;6-9,12-14H,11H2,1-5H3;/q2*-1;. The van der Waals surface area contributed by atoms with E-state index in [1.807, 2.05) is 48.5 Å². The van der Waals surface area contributed by atoms with Gasteiger partial charge >= 0.3 is 0 Å². The minimum Gasteiger partial charge on any atom is -0.333 e. The molecule has 0 spiro atoms. The van der Waals surface area contributed by atoms with Gasteiger partial charge < -0.3 is 9.55 Å². The molecule has 62 heavy (non-hydrogen) atoms. The number of para-hydroxylation sites is 2. The van der Waals surface area contributed by atoms with Crippen LogP contribution < -0.4 is 5.19 Å². The predicted octanol–water partition coefficient (Wildman–Crippen LogP) is 14.6. The summed E-state index contributed by atoms with van der Waals surface area (Å²) in [5, 5.41) is 3.62. The van der Waals surface area contributed by atoms with Gasteiger partial charge in [-0.25, -0.2) is 4.39 Å². The van der Waals surface area contributed by atoms with Crippen LogP contribution in [0.25, 0.3) is 81.8 Å². The zero-order valence-corrected chi connectivity index (χ0v) is 39.6. The Morgan fingerprint density at radius 3 is 2.15 bits per heavy atom. The molecule has 0 aliphatic carbocycles. The van der Waals surface area contributed by atoms with Crippen LogP contribution in [0.15, 0.2) is 170 Å². The third-order valence-corrected chi connectivity index (χ3v) is 14.3. The molecule has 3 heterocycles. The molecule has 3 nitrogen and oxygen atoms in total. The summed E-state index contributed by atoms with van der Waals surface area (Å²) in [5.41, 5.74) is 12.0. The number of halogens is 1. The van der Waals surface area contributed by atoms with Gasteiger partial charge in [-0.05, 0) is 86.4 Å². The second kappa shape index (κ2) is 18.3. The zero-order chi connectivity index (χ0) is 42.1. The monoisotopic (exact) mass is 1020 g/mol. The second-order valence-corrected chi connectivity index (χ2v) is 23.0. The number of fused-ring (bicyclic) bond motifs is 4. The van der Waals surface area contributed by atoms with E-state index in [0.717, 1.165) is 82.6 Å². The molecule has 0 N–H and O–H groups in total. The van der Waals surface area contributed by atoms with Crippen LogP contribution in [0.3, 0.4) is 0 Å². The van der Waals surface area contributed by atoms with E-state index in [2.05, 4.69) is 164 Å². The van der Waals surface area contributed by atoms with Crippen molar-refractivity contribution < 1.29 is 24.5 Å². The van der Waals surface area contributed by atoms with Crippen LogP contribution in [0.4, 0.5) is 4.39 Å². The van der Waals surface area contributed by atoms with Crippen LogP contribution in [0.5, 0.6) is 0 Å². The van der Waals surface area contributed by atoms with Crippen LogP contribution in [-0.4, -0.2) is 22.6 Å². The van der Waals surface area contributed by atoms with Crippen LogP contribution in [0.2, 0.25) is 19.6 Å². The molecule has 3 aromatic heterocycles. The molecule has 10 rings (SSSR count). The molecule has 0 bridgehead atoms. The van der Waals surface area contributed by atoms with E-state index in [1.54, 1.807) is 17.4 Å². The molecule has 0 aliphatic rings. The van der Waals surface area contributed by atoms with E-state index in [0.29, 0.717) is 5.92 Å². The number of rotatable bonds is 8. The van der Waals surface area contributed by atoms with Gasteiger partial charge in [0.05, 0.1) is 24.9 Å². The van der Waals surface area contributed by atoms with Crippen LogP contribution in [0.1, 0.15) is 19.4 Å². The van der Waals surface area contributed by atoms with E-state index < -0.39 is 8.07 Å². The van der Waals surface area contributed by atoms with Crippen molar-refractivity contribution in [1.82, 2.24) is 14.5 Å². The summed E-state index contributed by atoms with van der Waals surface area (Å²) in [6, 6.07) is 62.0. The minimum absolute atomic E-state index is 0. The summed E-state index contributed by atoms with van der Waals surface area (Å²) >= 11 is 1.59. The van der Waals surface area contributed by atoms with Crippen molar-refractivity contribution in [1.29, 1.82) is 0 Å². The summed E-state index contributed by atoms with van der Waals surface area (Å²) in [6.07, 6.45) is 3.24. The largest absolute Gasteiger partial charge is 0.333 e. The van der Waals surface area contributed by atoms with Crippen LogP contribution in [0, 0.1) is 23.9 Å². The smallest absolute Gasteiger partial charge is 0.124 e. The van der Waals surface area contributed by atoms with Gasteiger partial charge in [0.25, 0.3) is 0 Å². The number of aromatic nitrogens is 3. The van der Waals surface area contributed by atoms with Gasteiger partial charge in [-0.15, -0.1) is 54.1 Å². The SMILES string of the molecule is CC(C)Cc1cc(-c2[c-]cccc2)ncc1[Si](C)(C)C.Fc1ccc2c(c1)sc1c(-c3nc4ccccc4n3-c3ccc(-c4ccccc4)cc3-c3ccccc3)[c-]ccc12.[Ir]. The van der Waals surface area contributed by atoms with Gasteiger partial charge in [-0.1, -0.05) is 141 Å². The fraction of sp³-hybridized carbons (Fsp3) is 0.127. The number of hydrogen-bond donors (Lipinski definition) is 0. The maximum absolute atomic E-state index is 14.2. The van der Waals surface area contributed by atoms with Crippen molar-refractivity contribution in [2.45, 2.75) is 39.9 Å². The predicted molar refractivity (Wildman–Crippen MR) is 259 cm³/mol. The molecule has 7 heteroatoms. The van der Waals surface area contributed by atoms with Gasteiger partial charge in [0.2, 0.25) is 0 Å². The summed E-state index contributed by atoms with van der Waals surface area (Å²) in [5.74, 6) is 1.25. The van der Waals surface area contributed by atoms with Crippen molar-refractivity contribution in [2.24, 2.45) is 5.92 Å². The average molecular weight is 1020 g/mol. The molecular weight excluding hydrogens is 974 g/mol. The second-order valence-electron chi connectivity index (χ2n) is 16.9. The fourth-order valence-corrected chi connectivity index (χ4v) is 11.0. The third kappa shape index (κ3) is 8.77. The van der Waals surface area contributed by atoms with E-state index in [4.69, 9.17) is 4.98 Å². The molecular formula is C55H46FIrN3SSi-2. The van der Waals surface area contributed by atoms with E-state index in [9.17, 15) is 4.39 Å². The Morgan fingerprint density at radius 2 is 1.42 bits per heavy atom. The van der Waals surface area contributed by atoms with Crippen molar-refractivity contribution in [3.63, 3.8) is 0 Å². The van der Waals surface area contributed by atoms with Gasteiger partial charge in [0.15, 0.2) is 0 Å². The number of imidazole rings is 1. The van der Waals surface area contributed by atoms with Gasteiger partial charge in [-0.2, -0.15) is 11.3 Å². The Hall–Kier alpha value is -5.82. The molecule has 0 saturated carbocycles. The Morgan fingerprint density at radius 1 is 0.694 bits per heavy atom. The molecule has 0 fully saturated rings. The first-order valence-electron chi connectivity index (χ1n) is 20.8. The number of benzene rings is 7. The molecule has 309 valence electrons. The Balaban J connectivity index is 0.000000214. The molecule has 0 amide bonds. The van der Waals surface area contributed by atoms with Crippen molar-refractivity contribution in [3.05, 3.63) is 194 Å². The number of pyridine rings is 1. The van der Waals surface area contributed by atoms with Crippen LogP contribution >= 0.6 is 11.3 Å². The fourth-order valence-electron chi connectivity index (χ4n) is 8.19. The Labute approximate surface area is 382 Å². The summed E-state index contributed by atoms with van der Waals surface area (Å²) in [6.45, 7) is 11.7. The molecule has 0 atom stereocenters. The van der Waals surface area contributed by atoms with Crippen molar-refractivity contribution in [2.75, 3.05) is 0 Å². The molecule has 0 unspecified atom stereocenters. The van der Waals surface area contributed by atoms with Gasteiger partial charge in [-0.3, -0.25) is 4.98 Å². The van der Waals surface area contributed by atoms with E-state index in [1.165, 1.54) is 22.4 Å². The molecule has 7 aromatic carbocycles. The maximum atomic E-state index is 14.2. The van der Waals surface area contributed by atoms with E-state index in [-0.39, 0.29) is 25.9 Å².